The fourth-order valence-electron chi connectivity index (χ4n) is 1.52. The Morgan fingerprint density at radius 1 is 1.43 bits per heavy atom. The molecule has 0 aliphatic rings. The topological polar surface area (TPSA) is 119 Å². The number of nitro benzene ring substituents is 1. The van der Waals surface area contributed by atoms with Crippen LogP contribution in [0.1, 0.15) is 24.2 Å². The number of benzene rings is 1. The Labute approximate surface area is 120 Å². The van der Waals surface area contributed by atoms with Gasteiger partial charge >= 0.3 is 5.97 Å². The molecular formula is C13H16N2O6. The van der Waals surface area contributed by atoms with Crippen molar-refractivity contribution in [2.24, 2.45) is 5.92 Å². The van der Waals surface area contributed by atoms with Gasteiger partial charge in [-0.25, -0.2) is 4.79 Å². The van der Waals surface area contributed by atoms with Gasteiger partial charge in [-0.05, 0) is 12.0 Å². The van der Waals surface area contributed by atoms with E-state index in [1.807, 2.05) is 13.8 Å². The summed E-state index contributed by atoms with van der Waals surface area (Å²) in [4.78, 5) is 32.6. The monoisotopic (exact) mass is 296 g/mol. The number of carbonyl (C=O) groups excluding carboxylic acids is 1. The summed E-state index contributed by atoms with van der Waals surface area (Å²) in [6.07, 6.45) is 0. The molecule has 8 nitrogen and oxygen atoms in total. The maximum Gasteiger partial charge on any atom is 0.346 e. The quantitative estimate of drug-likeness (QED) is 0.580. The zero-order valence-electron chi connectivity index (χ0n) is 11.7. The van der Waals surface area contributed by atoms with E-state index < -0.39 is 34.7 Å². The van der Waals surface area contributed by atoms with E-state index in [4.69, 9.17) is 9.84 Å². The molecule has 2 N–H and O–H groups in total. The Hall–Kier alpha value is -2.64. The van der Waals surface area contributed by atoms with Gasteiger partial charge in [0.25, 0.3) is 11.6 Å². The van der Waals surface area contributed by atoms with Crippen molar-refractivity contribution in [2.45, 2.75) is 13.8 Å². The predicted octanol–water partition coefficient (Wildman–Crippen LogP) is 1.44. The van der Waals surface area contributed by atoms with E-state index in [-0.39, 0.29) is 11.7 Å². The van der Waals surface area contributed by atoms with E-state index in [2.05, 4.69) is 5.32 Å². The predicted molar refractivity (Wildman–Crippen MR) is 73.4 cm³/mol. The molecule has 0 aromatic heterocycles. The summed E-state index contributed by atoms with van der Waals surface area (Å²) in [5.41, 5.74) is -1.15. The molecule has 1 aromatic carbocycles. The first-order chi connectivity index (χ1) is 9.82. The lowest BCUT2D eigenvalue weighted by atomic mass is 10.1. The summed E-state index contributed by atoms with van der Waals surface area (Å²) in [7, 11) is 0. The highest BCUT2D eigenvalue weighted by atomic mass is 16.6. The van der Waals surface area contributed by atoms with Crippen LogP contribution in [0.3, 0.4) is 0 Å². The minimum atomic E-state index is -1.49. The van der Waals surface area contributed by atoms with Crippen LogP contribution in [0.4, 0.5) is 5.69 Å². The van der Waals surface area contributed by atoms with Crippen LogP contribution in [-0.2, 0) is 4.79 Å². The molecule has 0 saturated carbocycles. The van der Waals surface area contributed by atoms with Crippen LogP contribution in [0.15, 0.2) is 18.2 Å². The Balaban J connectivity index is 2.84. The SMILES string of the molecule is CC(C)CNC(=O)COc1cccc([N+](=O)[O-])c1C(=O)O. The maximum atomic E-state index is 11.5. The van der Waals surface area contributed by atoms with Gasteiger partial charge in [0.15, 0.2) is 12.2 Å². The average molecular weight is 296 g/mol. The Kier molecular flexibility index (Phi) is 5.65. The average Bonchev–Trinajstić information content (AvgIpc) is 2.41. The van der Waals surface area contributed by atoms with Crippen molar-refractivity contribution in [2.75, 3.05) is 13.2 Å². The molecule has 0 spiro atoms. The maximum absolute atomic E-state index is 11.5. The number of amides is 1. The van der Waals surface area contributed by atoms with E-state index >= 15 is 0 Å². The number of ether oxygens (including phenoxy) is 1. The summed E-state index contributed by atoms with van der Waals surface area (Å²) >= 11 is 0. The van der Waals surface area contributed by atoms with Crippen molar-refractivity contribution in [3.05, 3.63) is 33.9 Å². The standard InChI is InChI=1S/C13H16N2O6/c1-8(2)6-14-11(16)7-21-10-5-3-4-9(15(19)20)12(10)13(17)18/h3-5,8H,6-7H2,1-2H3,(H,14,16)(H,17,18). The van der Waals surface area contributed by atoms with Crippen molar-refractivity contribution in [1.29, 1.82) is 0 Å². The van der Waals surface area contributed by atoms with Crippen molar-refractivity contribution in [3.8, 4) is 5.75 Å². The number of aromatic carboxylic acids is 1. The van der Waals surface area contributed by atoms with Crippen LogP contribution in [-0.4, -0.2) is 35.1 Å². The second-order valence-electron chi connectivity index (χ2n) is 4.70. The summed E-state index contributed by atoms with van der Waals surface area (Å²) in [5.74, 6) is -1.86. The number of carbonyl (C=O) groups is 2. The number of hydrogen-bond donors (Lipinski definition) is 2. The zero-order chi connectivity index (χ0) is 16.0. The van der Waals surface area contributed by atoms with Gasteiger partial charge in [-0.3, -0.25) is 14.9 Å². The van der Waals surface area contributed by atoms with Gasteiger partial charge in [-0.2, -0.15) is 0 Å². The molecule has 0 fully saturated rings. The minimum absolute atomic E-state index is 0.212. The largest absolute Gasteiger partial charge is 0.483 e. The van der Waals surface area contributed by atoms with E-state index in [1.165, 1.54) is 12.1 Å². The van der Waals surface area contributed by atoms with E-state index in [0.29, 0.717) is 6.54 Å². The second kappa shape index (κ2) is 7.22. The number of rotatable bonds is 7. The van der Waals surface area contributed by atoms with Crippen LogP contribution in [0.25, 0.3) is 0 Å². The molecule has 0 aliphatic carbocycles. The first kappa shape index (κ1) is 16.4. The molecule has 0 heterocycles. The van der Waals surface area contributed by atoms with Gasteiger partial charge in [0.1, 0.15) is 5.75 Å². The van der Waals surface area contributed by atoms with Gasteiger partial charge in [-0.15, -0.1) is 0 Å². The Morgan fingerprint density at radius 3 is 2.62 bits per heavy atom. The van der Waals surface area contributed by atoms with Crippen LogP contribution >= 0.6 is 0 Å². The number of carboxylic acid groups (broad SMARTS) is 1. The number of hydrogen-bond acceptors (Lipinski definition) is 5. The molecule has 1 aromatic rings. The number of nitrogens with zero attached hydrogens (tertiary/aromatic N) is 1. The van der Waals surface area contributed by atoms with Crippen molar-refractivity contribution in [1.82, 2.24) is 5.32 Å². The lowest BCUT2D eigenvalue weighted by molar-refractivity contribution is -0.385. The van der Waals surface area contributed by atoms with Crippen molar-refractivity contribution in [3.63, 3.8) is 0 Å². The van der Waals surface area contributed by atoms with Crippen LogP contribution in [0, 0.1) is 16.0 Å². The third-order valence-corrected chi connectivity index (χ3v) is 2.48. The molecule has 0 atom stereocenters. The molecule has 21 heavy (non-hydrogen) atoms. The first-order valence-electron chi connectivity index (χ1n) is 6.23. The number of nitro groups is 1. The fraction of sp³-hybridized carbons (Fsp3) is 0.385. The summed E-state index contributed by atoms with van der Waals surface area (Å²) in [5, 5.41) is 22.4. The van der Waals surface area contributed by atoms with Crippen LogP contribution < -0.4 is 10.1 Å². The summed E-state index contributed by atoms with van der Waals surface area (Å²) in [6, 6.07) is 3.63. The van der Waals surface area contributed by atoms with E-state index in [9.17, 15) is 19.7 Å². The highest BCUT2D eigenvalue weighted by Crippen LogP contribution is 2.28. The van der Waals surface area contributed by atoms with Crippen LogP contribution in [0.2, 0.25) is 0 Å². The van der Waals surface area contributed by atoms with E-state index in [1.54, 1.807) is 0 Å². The highest BCUT2D eigenvalue weighted by Gasteiger charge is 2.25. The van der Waals surface area contributed by atoms with Crippen molar-refractivity contribution >= 4 is 17.6 Å². The third-order valence-electron chi connectivity index (χ3n) is 2.48. The fourth-order valence-corrected chi connectivity index (χ4v) is 1.52. The molecule has 114 valence electrons. The highest BCUT2D eigenvalue weighted by molar-refractivity contribution is 5.95. The summed E-state index contributed by atoms with van der Waals surface area (Å²) < 4.78 is 5.09. The summed E-state index contributed by atoms with van der Waals surface area (Å²) in [6.45, 7) is 3.89. The van der Waals surface area contributed by atoms with E-state index in [0.717, 1.165) is 6.07 Å². The molecular weight excluding hydrogens is 280 g/mol. The molecule has 1 rings (SSSR count). The first-order valence-corrected chi connectivity index (χ1v) is 6.23. The Bertz CT molecular complexity index is 556. The van der Waals surface area contributed by atoms with Crippen LogP contribution in [0.5, 0.6) is 5.75 Å². The van der Waals surface area contributed by atoms with Gasteiger partial charge in [0, 0.05) is 12.6 Å². The van der Waals surface area contributed by atoms with Crippen molar-refractivity contribution < 1.29 is 24.4 Å². The lowest BCUT2D eigenvalue weighted by Crippen LogP contribution is -2.32. The Morgan fingerprint density at radius 2 is 2.10 bits per heavy atom. The van der Waals surface area contributed by atoms with Gasteiger partial charge < -0.3 is 15.2 Å². The number of carboxylic acids is 1. The smallest absolute Gasteiger partial charge is 0.346 e. The molecule has 1 amide bonds. The minimum Gasteiger partial charge on any atom is -0.483 e. The lowest BCUT2D eigenvalue weighted by Gasteiger charge is -2.10. The molecule has 0 aliphatic heterocycles. The molecule has 0 unspecified atom stereocenters. The van der Waals surface area contributed by atoms with Gasteiger partial charge in [-0.1, -0.05) is 19.9 Å². The zero-order valence-corrected chi connectivity index (χ0v) is 11.7. The number of nitrogens with one attached hydrogen (secondary N) is 1. The molecule has 0 saturated heterocycles. The molecule has 0 radical (unpaired) electrons. The normalized spacial score (nSPS) is 10.2. The molecule has 8 heteroatoms. The molecule has 0 bridgehead atoms. The third kappa shape index (κ3) is 4.75. The van der Waals surface area contributed by atoms with Gasteiger partial charge in [0.2, 0.25) is 0 Å². The van der Waals surface area contributed by atoms with Gasteiger partial charge in [0.05, 0.1) is 4.92 Å². The second-order valence-corrected chi connectivity index (χ2v) is 4.70.